The van der Waals surface area contributed by atoms with E-state index in [-0.39, 0.29) is 0 Å². The zero-order valence-corrected chi connectivity index (χ0v) is 16.4. The maximum absolute atomic E-state index is 9.10. The molecule has 2 heterocycles. The van der Waals surface area contributed by atoms with E-state index in [2.05, 4.69) is 60.0 Å². The lowest BCUT2D eigenvalue weighted by Crippen LogP contribution is -2.15. The number of aliphatic carboxylic acids is 2. The van der Waals surface area contributed by atoms with Crippen LogP contribution in [0.25, 0.3) is 22.2 Å². The number of carboxylic acid groups (broad SMARTS) is 2. The number of nitrogens with zero attached hydrogens (tertiary/aromatic N) is 2. The minimum absolute atomic E-state index is 0.816. The topological polar surface area (TPSA) is 82.8 Å². The summed E-state index contributed by atoms with van der Waals surface area (Å²) in [6, 6.07) is 15.0. The highest BCUT2D eigenvalue weighted by atomic mass is 35.5. The summed E-state index contributed by atoms with van der Waals surface area (Å²) in [5.41, 5.74) is 6.90. The van der Waals surface area contributed by atoms with Crippen molar-refractivity contribution < 1.29 is 19.8 Å². The van der Waals surface area contributed by atoms with Gasteiger partial charge in [-0.3, -0.25) is 0 Å². The SMILES string of the molecule is CN(C)CCc1c2n(c3ccc(Cl)cc13)Cc1ccccc1-2.O=C(O)C(=O)O. The number of halogens is 1. The second-order valence-electron chi connectivity index (χ2n) is 6.90. The Balaban J connectivity index is 0.000000330. The van der Waals surface area contributed by atoms with Crippen LogP contribution >= 0.6 is 11.6 Å². The maximum Gasteiger partial charge on any atom is 0.414 e. The first-order chi connectivity index (χ1) is 13.3. The quantitative estimate of drug-likeness (QED) is 0.513. The third-order valence-electron chi connectivity index (χ3n) is 4.72. The molecule has 28 heavy (non-hydrogen) atoms. The van der Waals surface area contributed by atoms with Crippen LogP contribution in [0.15, 0.2) is 42.5 Å². The molecule has 0 amide bonds. The summed E-state index contributed by atoms with van der Waals surface area (Å²) in [6.45, 7) is 2.01. The zero-order chi connectivity index (χ0) is 20.4. The highest BCUT2D eigenvalue weighted by molar-refractivity contribution is 6.31. The van der Waals surface area contributed by atoms with Crippen molar-refractivity contribution in [3.63, 3.8) is 0 Å². The highest BCUT2D eigenvalue weighted by Crippen LogP contribution is 2.41. The van der Waals surface area contributed by atoms with E-state index < -0.39 is 11.9 Å². The van der Waals surface area contributed by atoms with Gasteiger partial charge in [-0.1, -0.05) is 35.9 Å². The Hall–Kier alpha value is -2.83. The summed E-state index contributed by atoms with van der Waals surface area (Å²) < 4.78 is 2.45. The average Bonchev–Trinajstić information content (AvgIpc) is 3.14. The molecular formula is C21H21ClN2O4. The first-order valence-corrected chi connectivity index (χ1v) is 9.17. The van der Waals surface area contributed by atoms with Crippen LogP contribution in [0.2, 0.25) is 5.02 Å². The first-order valence-electron chi connectivity index (χ1n) is 8.79. The molecular weight excluding hydrogens is 380 g/mol. The van der Waals surface area contributed by atoms with E-state index in [0.29, 0.717) is 0 Å². The molecule has 2 N–H and O–H groups in total. The van der Waals surface area contributed by atoms with Crippen molar-refractivity contribution in [2.75, 3.05) is 20.6 Å². The largest absolute Gasteiger partial charge is 0.473 e. The second kappa shape index (κ2) is 8.04. The molecule has 0 unspecified atom stereocenters. The first kappa shape index (κ1) is 19.9. The van der Waals surface area contributed by atoms with Crippen LogP contribution in [0.5, 0.6) is 0 Å². The Morgan fingerprint density at radius 1 is 1.11 bits per heavy atom. The number of carboxylic acids is 2. The lowest BCUT2D eigenvalue weighted by molar-refractivity contribution is -0.159. The van der Waals surface area contributed by atoms with Crippen LogP contribution in [0, 0.1) is 0 Å². The van der Waals surface area contributed by atoms with Crippen molar-refractivity contribution in [3.8, 4) is 11.3 Å². The number of aromatic nitrogens is 1. The van der Waals surface area contributed by atoms with E-state index >= 15 is 0 Å². The summed E-state index contributed by atoms with van der Waals surface area (Å²) >= 11 is 6.26. The minimum Gasteiger partial charge on any atom is -0.473 e. The van der Waals surface area contributed by atoms with Gasteiger partial charge in [0.1, 0.15) is 0 Å². The summed E-state index contributed by atoms with van der Waals surface area (Å²) in [5, 5.41) is 16.9. The molecule has 1 aromatic heterocycles. The van der Waals surface area contributed by atoms with E-state index in [4.69, 9.17) is 31.4 Å². The van der Waals surface area contributed by atoms with Gasteiger partial charge in [-0.25, -0.2) is 9.59 Å². The molecule has 1 aliphatic rings. The predicted octanol–water partition coefficient (Wildman–Crippen LogP) is 3.58. The van der Waals surface area contributed by atoms with Gasteiger partial charge in [0.15, 0.2) is 0 Å². The average molecular weight is 401 g/mol. The molecule has 0 spiro atoms. The van der Waals surface area contributed by atoms with Gasteiger partial charge in [0.25, 0.3) is 0 Å². The number of carbonyl (C=O) groups is 2. The monoisotopic (exact) mass is 400 g/mol. The molecule has 1 aliphatic heterocycles. The minimum atomic E-state index is -1.82. The number of hydrogen-bond acceptors (Lipinski definition) is 3. The van der Waals surface area contributed by atoms with E-state index in [1.54, 1.807) is 0 Å². The number of likely N-dealkylation sites (N-methyl/N-ethyl adjacent to an activating group) is 1. The number of hydrogen-bond donors (Lipinski definition) is 2. The molecule has 6 nitrogen and oxygen atoms in total. The second-order valence-corrected chi connectivity index (χ2v) is 7.33. The molecule has 0 bridgehead atoms. The number of rotatable bonds is 3. The molecule has 0 radical (unpaired) electrons. The van der Waals surface area contributed by atoms with E-state index in [9.17, 15) is 0 Å². The fourth-order valence-corrected chi connectivity index (χ4v) is 3.69. The molecule has 7 heteroatoms. The summed E-state index contributed by atoms with van der Waals surface area (Å²) in [4.78, 5) is 20.4. The molecule has 146 valence electrons. The molecule has 3 aromatic rings. The maximum atomic E-state index is 9.10. The van der Waals surface area contributed by atoms with Crippen molar-refractivity contribution in [2.45, 2.75) is 13.0 Å². The van der Waals surface area contributed by atoms with Crippen LogP contribution < -0.4 is 0 Å². The van der Waals surface area contributed by atoms with Crippen molar-refractivity contribution in [3.05, 3.63) is 58.6 Å². The number of benzene rings is 2. The lowest BCUT2D eigenvalue weighted by Gasteiger charge is -2.10. The van der Waals surface area contributed by atoms with Gasteiger partial charge >= 0.3 is 11.9 Å². The van der Waals surface area contributed by atoms with Crippen LogP contribution in [-0.4, -0.2) is 52.3 Å². The molecule has 0 aliphatic carbocycles. The van der Waals surface area contributed by atoms with Gasteiger partial charge in [0.2, 0.25) is 0 Å². The summed E-state index contributed by atoms with van der Waals surface area (Å²) in [7, 11) is 4.25. The van der Waals surface area contributed by atoms with Gasteiger partial charge in [0, 0.05) is 34.6 Å². The van der Waals surface area contributed by atoms with Gasteiger partial charge in [0.05, 0.1) is 5.69 Å². The van der Waals surface area contributed by atoms with Crippen molar-refractivity contribution in [1.29, 1.82) is 0 Å². The molecule has 2 aromatic carbocycles. The summed E-state index contributed by atoms with van der Waals surface area (Å²) in [6.07, 6.45) is 1.04. The Bertz CT molecular complexity index is 1040. The Labute approximate surface area is 167 Å². The van der Waals surface area contributed by atoms with Crippen LogP contribution in [-0.2, 0) is 22.6 Å². The fourth-order valence-electron chi connectivity index (χ4n) is 3.52. The lowest BCUT2D eigenvalue weighted by atomic mass is 10.0. The fraction of sp³-hybridized carbons (Fsp3) is 0.238. The zero-order valence-electron chi connectivity index (χ0n) is 15.6. The van der Waals surface area contributed by atoms with E-state index in [1.807, 2.05) is 6.07 Å². The molecule has 4 rings (SSSR count). The Morgan fingerprint density at radius 3 is 2.43 bits per heavy atom. The number of fused-ring (bicyclic) bond motifs is 5. The third-order valence-corrected chi connectivity index (χ3v) is 4.96. The smallest absolute Gasteiger partial charge is 0.414 e. The molecule has 0 fully saturated rings. The van der Waals surface area contributed by atoms with E-state index in [0.717, 1.165) is 24.5 Å². The molecule has 0 saturated heterocycles. The summed E-state index contributed by atoms with van der Waals surface area (Å²) in [5.74, 6) is -3.65. The standard InChI is InChI=1S/C19H19ClN2.C2H2O4/c1-21(2)10-9-16-17-11-14(20)7-8-18(17)22-12-13-5-3-4-6-15(13)19(16)22;3-1(4)2(5)6/h3-8,11H,9-10,12H2,1-2H3;(H,3,4)(H,5,6). The van der Waals surface area contributed by atoms with Gasteiger partial charge in [-0.2, -0.15) is 0 Å². The van der Waals surface area contributed by atoms with Gasteiger partial charge in [-0.15, -0.1) is 0 Å². The molecule has 0 saturated carbocycles. The van der Waals surface area contributed by atoms with Crippen LogP contribution in [0.3, 0.4) is 0 Å². The van der Waals surface area contributed by atoms with Gasteiger partial charge in [-0.05, 0) is 49.8 Å². The highest BCUT2D eigenvalue weighted by Gasteiger charge is 2.25. The van der Waals surface area contributed by atoms with Crippen LogP contribution in [0.1, 0.15) is 11.1 Å². The normalized spacial score (nSPS) is 11.7. The van der Waals surface area contributed by atoms with E-state index in [1.165, 1.54) is 33.3 Å². The van der Waals surface area contributed by atoms with Crippen molar-refractivity contribution in [1.82, 2.24) is 9.47 Å². The molecule has 0 atom stereocenters. The predicted molar refractivity (Wildman–Crippen MR) is 109 cm³/mol. The van der Waals surface area contributed by atoms with Crippen molar-refractivity contribution in [2.24, 2.45) is 0 Å². The Morgan fingerprint density at radius 2 is 1.79 bits per heavy atom. The Kier molecular flexibility index (Phi) is 5.72. The van der Waals surface area contributed by atoms with Crippen LogP contribution in [0.4, 0.5) is 0 Å². The third kappa shape index (κ3) is 3.88. The van der Waals surface area contributed by atoms with Gasteiger partial charge < -0.3 is 19.7 Å². The van der Waals surface area contributed by atoms with Crippen molar-refractivity contribution >= 4 is 34.4 Å².